The standard InChI is InChI=1S/C22H31N5O7/c1-12(22(33)34)25-19(30)16(8-9-18(24)29)26-20(31)17-3-2-10-27(17)21(32)15(23)11-13-4-6-14(28)7-5-13/h4-7,12,15-17,28H,2-3,8-11,23H2,1H3,(H2,24,29)(H,25,30)(H,26,31)(H,33,34). The van der Waals surface area contributed by atoms with Gasteiger partial charge in [0, 0.05) is 13.0 Å². The zero-order valence-electron chi connectivity index (χ0n) is 18.9. The number of nitrogens with one attached hydrogen (secondary N) is 2. The molecule has 34 heavy (non-hydrogen) atoms. The molecule has 0 spiro atoms. The quantitative estimate of drug-likeness (QED) is 0.223. The average Bonchev–Trinajstić information content (AvgIpc) is 3.27. The molecule has 4 atom stereocenters. The number of hydrogen-bond donors (Lipinski definition) is 6. The van der Waals surface area contributed by atoms with Crippen LogP contribution in [0.2, 0.25) is 0 Å². The Morgan fingerprint density at radius 2 is 1.79 bits per heavy atom. The fourth-order valence-corrected chi connectivity index (χ4v) is 3.69. The molecule has 1 aromatic carbocycles. The molecule has 12 nitrogen and oxygen atoms in total. The van der Waals surface area contributed by atoms with Crippen molar-refractivity contribution in [3.63, 3.8) is 0 Å². The maximum absolute atomic E-state index is 13.0. The number of aromatic hydroxyl groups is 1. The van der Waals surface area contributed by atoms with Crippen LogP contribution in [0, 0.1) is 0 Å². The number of nitrogens with zero attached hydrogens (tertiary/aromatic N) is 1. The van der Waals surface area contributed by atoms with E-state index in [2.05, 4.69) is 10.6 Å². The topological polar surface area (TPSA) is 205 Å². The Bertz CT molecular complexity index is 921. The number of carbonyl (C=O) groups is 5. The SMILES string of the molecule is CC(NC(=O)C(CCC(N)=O)NC(=O)C1CCCN1C(=O)C(N)Cc1ccc(O)cc1)C(=O)O. The largest absolute Gasteiger partial charge is 0.508 e. The van der Waals surface area contributed by atoms with E-state index < -0.39 is 53.8 Å². The van der Waals surface area contributed by atoms with Crippen LogP contribution in [-0.4, -0.2) is 75.4 Å². The molecule has 0 radical (unpaired) electrons. The summed E-state index contributed by atoms with van der Waals surface area (Å²) in [5.74, 6) is -3.66. The number of hydrogen-bond acceptors (Lipinski definition) is 7. The molecule has 1 heterocycles. The summed E-state index contributed by atoms with van der Waals surface area (Å²) in [5, 5.41) is 23.2. The third-order valence-corrected chi connectivity index (χ3v) is 5.59. The van der Waals surface area contributed by atoms with Gasteiger partial charge >= 0.3 is 5.97 Å². The molecule has 1 aromatic rings. The van der Waals surface area contributed by atoms with Gasteiger partial charge in [0.1, 0.15) is 23.9 Å². The molecule has 0 aromatic heterocycles. The third-order valence-electron chi connectivity index (χ3n) is 5.59. The van der Waals surface area contributed by atoms with Crippen molar-refractivity contribution in [2.45, 2.75) is 63.2 Å². The zero-order valence-corrected chi connectivity index (χ0v) is 18.9. The van der Waals surface area contributed by atoms with Gasteiger partial charge in [-0.2, -0.15) is 0 Å². The maximum atomic E-state index is 13.0. The van der Waals surface area contributed by atoms with E-state index in [9.17, 15) is 29.1 Å². The minimum absolute atomic E-state index is 0.0904. The predicted octanol–water partition coefficient (Wildman–Crippen LogP) is -1.41. The van der Waals surface area contributed by atoms with Crippen LogP contribution in [0.25, 0.3) is 0 Å². The number of benzene rings is 1. The number of likely N-dealkylation sites (tertiary alicyclic amines) is 1. The number of nitrogens with two attached hydrogens (primary N) is 2. The minimum Gasteiger partial charge on any atom is -0.508 e. The number of carboxylic acid groups (broad SMARTS) is 1. The zero-order chi connectivity index (χ0) is 25.4. The molecule has 1 aliphatic rings. The average molecular weight is 478 g/mol. The van der Waals surface area contributed by atoms with E-state index in [1.807, 2.05) is 0 Å². The Balaban J connectivity index is 2.06. The number of phenolic OH excluding ortho intramolecular Hbond substituents is 1. The van der Waals surface area contributed by atoms with Gasteiger partial charge in [-0.25, -0.2) is 0 Å². The van der Waals surface area contributed by atoms with Crippen LogP contribution < -0.4 is 22.1 Å². The number of aliphatic carboxylic acids is 1. The van der Waals surface area contributed by atoms with Gasteiger partial charge in [0.15, 0.2) is 0 Å². The summed E-state index contributed by atoms with van der Waals surface area (Å²) in [6.07, 6.45) is 0.800. The van der Waals surface area contributed by atoms with Gasteiger partial charge in [0.25, 0.3) is 0 Å². The molecule has 0 bridgehead atoms. The van der Waals surface area contributed by atoms with Gasteiger partial charge in [0.2, 0.25) is 23.6 Å². The van der Waals surface area contributed by atoms with E-state index in [1.54, 1.807) is 12.1 Å². The molecule has 0 saturated carbocycles. The monoisotopic (exact) mass is 477 g/mol. The molecule has 0 aliphatic carbocycles. The molecule has 12 heteroatoms. The minimum atomic E-state index is -1.26. The van der Waals surface area contributed by atoms with Crippen molar-refractivity contribution in [1.82, 2.24) is 15.5 Å². The van der Waals surface area contributed by atoms with Crippen molar-refractivity contribution in [3.05, 3.63) is 29.8 Å². The Morgan fingerprint density at radius 1 is 1.15 bits per heavy atom. The molecular formula is C22H31N5O7. The lowest BCUT2D eigenvalue weighted by molar-refractivity contribution is -0.142. The Labute approximate surface area is 196 Å². The number of amides is 4. The summed E-state index contributed by atoms with van der Waals surface area (Å²) in [6, 6.07) is 2.09. The highest BCUT2D eigenvalue weighted by Crippen LogP contribution is 2.20. The molecular weight excluding hydrogens is 446 g/mol. The van der Waals surface area contributed by atoms with E-state index in [1.165, 1.54) is 24.0 Å². The summed E-state index contributed by atoms with van der Waals surface area (Å²) < 4.78 is 0. The third kappa shape index (κ3) is 7.44. The van der Waals surface area contributed by atoms with Gasteiger partial charge < -0.3 is 37.2 Å². The summed E-state index contributed by atoms with van der Waals surface area (Å²) >= 11 is 0. The number of carboxylic acids is 1. The first-order valence-corrected chi connectivity index (χ1v) is 11.0. The van der Waals surface area contributed by atoms with E-state index in [-0.39, 0.29) is 25.0 Å². The molecule has 1 saturated heterocycles. The molecule has 1 aliphatic heterocycles. The van der Waals surface area contributed by atoms with Crippen LogP contribution >= 0.6 is 0 Å². The molecule has 2 rings (SSSR count). The van der Waals surface area contributed by atoms with Crippen molar-refractivity contribution in [1.29, 1.82) is 0 Å². The van der Waals surface area contributed by atoms with Gasteiger partial charge in [0.05, 0.1) is 6.04 Å². The number of phenols is 1. The summed E-state index contributed by atoms with van der Waals surface area (Å²) in [6.45, 7) is 1.58. The lowest BCUT2D eigenvalue weighted by Crippen LogP contribution is -2.56. The summed E-state index contributed by atoms with van der Waals surface area (Å²) in [5.41, 5.74) is 12.0. The molecule has 8 N–H and O–H groups in total. The second-order valence-electron chi connectivity index (χ2n) is 8.30. The van der Waals surface area contributed by atoms with Crippen molar-refractivity contribution < 1.29 is 34.2 Å². The van der Waals surface area contributed by atoms with Gasteiger partial charge in [-0.3, -0.25) is 24.0 Å². The lowest BCUT2D eigenvalue weighted by Gasteiger charge is -2.28. The van der Waals surface area contributed by atoms with Crippen LogP contribution in [-0.2, 0) is 30.4 Å². The second kappa shape index (κ2) is 12.0. The highest BCUT2D eigenvalue weighted by Gasteiger charge is 2.37. The van der Waals surface area contributed by atoms with Crippen molar-refractivity contribution in [2.75, 3.05) is 6.54 Å². The highest BCUT2D eigenvalue weighted by atomic mass is 16.4. The maximum Gasteiger partial charge on any atom is 0.325 e. The van der Waals surface area contributed by atoms with E-state index in [0.717, 1.165) is 5.56 Å². The Hall–Kier alpha value is -3.67. The van der Waals surface area contributed by atoms with Crippen LogP contribution in [0.4, 0.5) is 0 Å². The van der Waals surface area contributed by atoms with Crippen molar-refractivity contribution >= 4 is 29.6 Å². The summed E-state index contributed by atoms with van der Waals surface area (Å²) in [7, 11) is 0. The van der Waals surface area contributed by atoms with Crippen LogP contribution in [0.15, 0.2) is 24.3 Å². The second-order valence-corrected chi connectivity index (χ2v) is 8.30. The normalized spacial score (nSPS) is 17.9. The number of carbonyl (C=O) groups excluding carboxylic acids is 4. The Morgan fingerprint density at radius 3 is 2.38 bits per heavy atom. The number of primary amides is 1. The Kier molecular flexibility index (Phi) is 9.36. The smallest absolute Gasteiger partial charge is 0.325 e. The first kappa shape index (κ1) is 26.6. The molecule has 4 amide bonds. The van der Waals surface area contributed by atoms with Gasteiger partial charge in [-0.05, 0) is 50.3 Å². The van der Waals surface area contributed by atoms with E-state index in [0.29, 0.717) is 19.4 Å². The van der Waals surface area contributed by atoms with Crippen molar-refractivity contribution in [2.24, 2.45) is 11.5 Å². The van der Waals surface area contributed by atoms with Gasteiger partial charge in [-0.15, -0.1) is 0 Å². The fraction of sp³-hybridized carbons (Fsp3) is 0.500. The van der Waals surface area contributed by atoms with Gasteiger partial charge in [-0.1, -0.05) is 12.1 Å². The fourth-order valence-electron chi connectivity index (χ4n) is 3.69. The molecule has 186 valence electrons. The predicted molar refractivity (Wildman–Crippen MR) is 120 cm³/mol. The number of rotatable bonds is 11. The van der Waals surface area contributed by atoms with Crippen LogP contribution in [0.1, 0.15) is 38.2 Å². The molecule has 1 fully saturated rings. The van der Waals surface area contributed by atoms with Crippen molar-refractivity contribution in [3.8, 4) is 5.75 Å². The summed E-state index contributed by atoms with van der Waals surface area (Å²) in [4.78, 5) is 62.0. The first-order chi connectivity index (χ1) is 16.0. The van der Waals surface area contributed by atoms with Crippen LogP contribution in [0.5, 0.6) is 5.75 Å². The highest BCUT2D eigenvalue weighted by molar-refractivity contribution is 5.94. The lowest BCUT2D eigenvalue weighted by atomic mass is 10.0. The van der Waals surface area contributed by atoms with E-state index >= 15 is 0 Å². The van der Waals surface area contributed by atoms with Crippen LogP contribution in [0.3, 0.4) is 0 Å². The molecule has 4 unspecified atom stereocenters. The van der Waals surface area contributed by atoms with E-state index in [4.69, 9.17) is 16.6 Å². The first-order valence-electron chi connectivity index (χ1n) is 11.0.